The number of halogens is 1. The van der Waals surface area contributed by atoms with Crippen LogP contribution in [0.5, 0.6) is 0 Å². The number of hydrogen-bond acceptors (Lipinski definition) is 2. The highest BCUT2D eigenvalue weighted by molar-refractivity contribution is 6.30. The average molecular weight is 335 g/mol. The van der Waals surface area contributed by atoms with Crippen molar-refractivity contribution in [2.45, 2.75) is 6.10 Å². The van der Waals surface area contributed by atoms with Gasteiger partial charge in [0.1, 0.15) is 11.9 Å². The Balaban J connectivity index is 1.74. The average Bonchev–Trinajstić information content (AvgIpc) is 3.10. The Morgan fingerprint density at radius 3 is 2.62 bits per heavy atom. The summed E-state index contributed by atoms with van der Waals surface area (Å²) in [6.07, 6.45) is 0.914. The molecule has 0 saturated heterocycles. The summed E-state index contributed by atoms with van der Waals surface area (Å²) in [4.78, 5) is 7.59. The summed E-state index contributed by atoms with van der Waals surface area (Å²) in [5, 5.41) is 13.4. The lowest BCUT2D eigenvalue weighted by Gasteiger charge is -2.09. The molecule has 1 heterocycles. The topological polar surface area (TPSA) is 48.9 Å². The lowest BCUT2D eigenvalue weighted by Crippen LogP contribution is -2.01. The summed E-state index contributed by atoms with van der Waals surface area (Å²) in [5.41, 5.74) is 2.65. The van der Waals surface area contributed by atoms with Gasteiger partial charge in [0.25, 0.3) is 0 Å². The molecule has 0 saturated carbocycles. The van der Waals surface area contributed by atoms with E-state index in [1.54, 1.807) is 18.3 Å². The predicted octanol–water partition coefficient (Wildman–Crippen LogP) is 4.97. The third-order valence-electron chi connectivity index (χ3n) is 4.10. The van der Waals surface area contributed by atoms with E-state index in [1.807, 2.05) is 36.4 Å². The lowest BCUT2D eigenvalue weighted by molar-refractivity contribution is 0.211. The molecule has 0 fully saturated rings. The number of H-pyrrole nitrogens is 1. The van der Waals surface area contributed by atoms with Crippen molar-refractivity contribution in [3.63, 3.8) is 0 Å². The Kier molecular flexibility index (Phi) is 3.81. The van der Waals surface area contributed by atoms with E-state index in [1.165, 1.54) is 5.39 Å². The Labute approximate surface area is 144 Å². The number of benzene rings is 3. The standard InChI is InChI=1S/C20H15ClN2O/c21-15-8-3-7-14(11-15)19(24)20-22-12-18(23-20)17-10-4-6-13-5-1-2-9-16(13)17/h1-12,19,24H,(H,22,23). The van der Waals surface area contributed by atoms with Crippen LogP contribution in [-0.4, -0.2) is 15.1 Å². The van der Waals surface area contributed by atoms with Crippen molar-refractivity contribution in [3.8, 4) is 11.3 Å². The van der Waals surface area contributed by atoms with Gasteiger partial charge in [0.05, 0.1) is 11.9 Å². The molecule has 118 valence electrons. The summed E-state index contributed by atoms with van der Waals surface area (Å²) >= 11 is 6.00. The van der Waals surface area contributed by atoms with Gasteiger partial charge in [0.2, 0.25) is 0 Å². The summed E-state index contributed by atoms with van der Waals surface area (Å²) in [6, 6.07) is 21.5. The Morgan fingerprint density at radius 2 is 1.75 bits per heavy atom. The molecule has 0 spiro atoms. The van der Waals surface area contributed by atoms with E-state index in [-0.39, 0.29) is 0 Å². The van der Waals surface area contributed by atoms with Gasteiger partial charge in [-0.3, -0.25) is 0 Å². The number of aromatic amines is 1. The second-order valence-electron chi connectivity index (χ2n) is 5.67. The molecule has 1 aromatic heterocycles. The number of fused-ring (bicyclic) bond motifs is 1. The predicted molar refractivity (Wildman–Crippen MR) is 97.0 cm³/mol. The number of aliphatic hydroxyl groups is 1. The normalized spacial score (nSPS) is 12.4. The minimum absolute atomic E-state index is 0.500. The number of aliphatic hydroxyl groups excluding tert-OH is 1. The highest BCUT2D eigenvalue weighted by Crippen LogP contribution is 2.29. The van der Waals surface area contributed by atoms with Crippen LogP contribution in [0.4, 0.5) is 0 Å². The SMILES string of the molecule is OC(c1cccc(Cl)c1)c1ncc(-c2cccc3ccccc23)[nH]1. The van der Waals surface area contributed by atoms with Gasteiger partial charge >= 0.3 is 0 Å². The Bertz CT molecular complexity index is 1000. The fourth-order valence-electron chi connectivity index (χ4n) is 2.91. The van der Waals surface area contributed by atoms with Crippen LogP contribution in [0.1, 0.15) is 17.5 Å². The molecule has 4 heteroatoms. The first kappa shape index (κ1) is 14.9. The van der Waals surface area contributed by atoms with Gasteiger partial charge in [-0.25, -0.2) is 4.98 Å². The number of hydrogen-bond donors (Lipinski definition) is 2. The van der Waals surface area contributed by atoms with E-state index in [0.717, 1.165) is 16.6 Å². The van der Waals surface area contributed by atoms with Gasteiger partial charge in [-0.15, -0.1) is 0 Å². The third kappa shape index (κ3) is 2.68. The molecule has 3 aromatic carbocycles. The maximum absolute atomic E-state index is 10.5. The first-order valence-electron chi connectivity index (χ1n) is 7.69. The number of imidazole rings is 1. The van der Waals surface area contributed by atoms with Crippen molar-refractivity contribution >= 4 is 22.4 Å². The molecule has 1 unspecified atom stereocenters. The zero-order chi connectivity index (χ0) is 16.5. The van der Waals surface area contributed by atoms with E-state index in [0.29, 0.717) is 16.4 Å². The van der Waals surface area contributed by atoms with Gasteiger partial charge in [-0.1, -0.05) is 66.2 Å². The fourth-order valence-corrected chi connectivity index (χ4v) is 3.11. The maximum atomic E-state index is 10.5. The number of nitrogens with zero attached hydrogens (tertiary/aromatic N) is 1. The van der Waals surface area contributed by atoms with Gasteiger partial charge in [-0.2, -0.15) is 0 Å². The summed E-state index contributed by atoms with van der Waals surface area (Å²) < 4.78 is 0. The minimum Gasteiger partial charge on any atom is -0.380 e. The van der Waals surface area contributed by atoms with Crippen LogP contribution in [0.15, 0.2) is 72.9 Å². The smallest absolute Gasteiger partial charge is 0.140 e. The van der Waals surface area contributed by atoms with Crippen molar-refractivity contribution in [2.75, 3.05) is 0 Å². The molecule has 0 radical (unpaired) electrons. The number of aromatic nitrogens is 2. The highest BCUT2D eigenvalue weighted by Gasteiger charge is 2.15. The van der Waals surface area contributed by atoms with Crippen LogP contribution >= 0.6 is 11.6 Å². The van der Waals surface area contributed by atoms with Crippen molar-refractivity contribution < 1.29 is 5.11 Å². The molecule has 0 bridgehead atoms. The van der Waals surface area contributed by atoms with Crippen molar-refractivity contribution in [3.05, 3.63) is 89.3 Å². The van der Waals surface area contributed by atoms with Gasteiger partial charge in [-0.05, 0) is 28.5 Å². The van der Waals surface area contributed by atoms with E-state index in [2.05, 4.69) is 28.2 Å². The number of rotatable bonds is 3. The monoisotopic (exact) mass is 334 g/mol. The second kappa shape index (κ2) is 6.11. The molecule has 0 aliphatic rings. The zero-order valence-corrected chi connectivity index (χ0v) is 13.5. The summed E-state index contributed by atoms with van der Waals surface area (Å²) in [6.45, 7) is 0. The Hall–Kier alpha value is -2.62. The molecule has 24 heavy (non-hydrogen) atoms. The van der Waals surface area contributed by atoms with Crippen molar-refractivity contribution in [1.29, 1.82) is 0 Å². The van der Waals surface area contributed by atoms with Crippen LogP contribution in [0.3, 0.4) is 0 Å². The van der Waals surface area contributed by atoms with Crippen LogP contribution in [0.2, 0.25) is 5.02 Å². The summed E-state index contributed by atoms with van der Waals surface area (Å²) in [5.74, 6) is 0.500. The van der Waals surface area contributed by atoms with Crippen LogP contribution in [0.25, 0.3) is 22.0 Å². The third-order valence-corrected chi connectivity index (χ3v) is 4.33. The Morgan fingerprint density at radius 1 is 0.958 bits per heavy atom. The van der Waals surface area contributed by atoms with Gasteiger partial charge < -0.3 is 10.1 Å². The maximum Gasteiger partial charge on any atom is 0.140 e. The van der Waals surface area contributed by atoms with Crippen LogP contribution in [0, 0.1) is 0 Å². The van der Waals surface area contributed by atoms with Gasteiger partial charge in [0.15, 0.2) is 0 Å². The molecule has 2 N–H and O–H groups in total. The molecule has 4 rings (SSSR count). The molecule has 1 atom stereocenters. The number of nitrogens with one attached hydrogen (secondary N) is 1. The quantitative estimate of drug-likeness (QED) is 0.556. The van der Waals surface area contributed by atoms with E-state index in [9.17, 15) is 5.11 Å². The zero-order valence-electron chi connectivity index (χ0n) is 12.8. The van der Waals surface area contributed by atoms with Crippen molar-refractivity contribution in [1.82, 2.24) is 9.97 Å². The minimum atomic E-state index is -0.840. The van der Waals surface area contributed by atoms with Crippen LogP contribution < -0.4 is 0 Å². The molecular weight excluding hydrogens is 320 g/mol. The van der Waals surface area contributed by atoms with E-state index < -0.39 is 6.10 Å². The fraction of sp³-hybridized carbons (Fsp3) is 0.0500. The van der Waals surface area contributed by atoms with Crippen LogP contribution in [-0.2, 0) is 0 Å². The highest BCUT2D eigenvalue weighted by atomic mass is 35.5. The lowest BCUT2D eigenvalue weighted by atomic mass is 10.0. The first-order valence-corrected chi connectivity index (χ1v) is 8.07. The van der Waals surface area contributed by atoms with Gasteiger partial charge in [0, 0.05) is 10.6 Å². The van der Waals surface area contributed by atoms with Crippen molar-refractivity contribution in [2.24, 2.45) is 0 Å². The molecule has 4 aromatic rings. The van der Waals surface area contributed by atoms with E-state index in [4.69, 9.17) is 11.6 Å². The molecule has 0 aliphatic carbocycles. The summed E-state index contributed by atoms with van der Waals surface area (Å²) in [7, 11) is 0. The largest absolute Gasteiger partial charge is 0.380 e. The molecule has 0 amide bonds. The molecule has 0 aliphatic heterocycles. The second-order valence-corrected chi connectivity index (χ2v) is 6.10. The molecule has 3 nitrogen and oxygen atoms in total. The molecular formula is C20H15ClN2O. The first-order chi connectivity index (χ1) is 11.7. The van der Waals surface area contributed by atoms with E-state index >= 15 is 0 Å².